The van der Waals surface area contributed by atoms with E-state index in [0.29, 0.717) is 30.0 Å². The lowest BCUT2D eigenvalue weighted by atomic mass is 10.2. The lowest BCUT2D eigenvalue weighted by Gasteiger charge is -2.27. The molecule has 3 rings (SSSR count). The summed E-state index contributed by atoms with van der Waals surface area (Å²) >= 11 is 6.40. The molecule has 1 fully saturated rings. The van der Waals surface area contributed by atoms with Crippen LogP contribution in [0.15, 0.2) is 24.4 Å². The van der Waals surface area contributed by atoms with Gasteiger partial charge in [0, 0.05) is 31.3 Å². The van der Waals surface area contributed by atoms with Crippen molar-refractivity contribution in [3.63, 3.8) is 0 Å². The fourth-order valence-corrected chi connectivity index (χ4v) is 3.31. The molecule has 2 aromatic rings. The SMILES string of the molecule is Cc1nn(CC(C)C)c(Cl)c1/C=C/C(=O)Nc1ccc(N2CCOCC2)nc1. The number of nitrogens with one attached hydrogen (secondary N) is 1. The van der Waals surface area contributed by atoms with Gasteiger partial charge in [0.15, 0.2) is 0 Å². The predicted octanol–water partition coefficient (Wildman–Crippen LogP) is 3.38. The van der Waals surface area contributed by atoms with Crippen molar-refractivity contribution in [3.05, 3.63) is 40.8 Å². The molecule has 1 aliphatic rings. The number of rotatable bonds is 6. The van der Waals surface area contributed by atoms with E-state index >= 15 is 0 Å². The molecule has 28 heavy (non-hydrogen) atoms. The number of aryl methyl sites for hydroxylation is 1. The molecule has 1 N–H and O–H groups in total. The van der Waals surface area contributed by atoms with Crippen molar-refractivity contribution in [1.29, 1.82) is 0 Å². The average molecular weight is 404 g/mol. The lowest BCUT2D eigenvalue weighted by molar-refractivity contribution is -0.111. The van der Waals surface area contributed by atoms with Gasteiger partial charge >= 0.3 is 0 Å². The maximum absolute atomic E-state index is 12.3. The molecule has 1 amide bonds. The topological polar surface area (TPSA) is 72.3 Å². The number of amides is 1. The zero-order valence-electron chi connectivity index (χ0n) is 16.5. The van der Waals surface area contributed by atoms with Gasteiger partial charge in [-0.1, -0.05) is 25.4 Å². The summed E-state index contributed by atoms with van der Waals surface area (Å²) in [6, 6.07) is 3.75. The van der Waals surface area contributed by atoms with E-state index in [9.17, 15) is 4.79 Å². The van der Waals surface area contributed by atoms with Gasteiger partial charge < -0.3 is 15.0 Å². The fraction of sp³-hybridized carbons (Fsp3) is 0.450. The Morgan fingerprint density at radius 1 is 1.36 bits per heavy atom. The minimum atomic E-state index is -0.243. The smallest absolute Gasteiger partial charge is 0.248 e. The van der Waals surface area contributed by atoms with Crippen LogP contribution < -0.4 is 10.2 Å². The molecule has 0 radical (unpaired) electrons. The zero-order valence-corrected chi connectivity index (χ0v) is 17.2. The summed E-state index contributed by atoms with van der Waals surface area (Å²) in [5.41, 5.74) is 2.20. The Morgan fingerprint density at radius 3 is 2.75 bits per heavy atom. The number of anilines is 2. The summed E-state index contributed by atoms with van der Waals surface area (Å²) in [5.74, 6) is 1.08. The highest BCUT2D eigenvalue weighted by molar-refractivity contribution is 6.31. The number of carbonyl (C=O) groups excluding carboxylic acids is 1. The Kier molecular flexibility index (Phi) is 6.70. The first-order chi connectivity index (χ1) is 13.4. The van der Waals surface area contributed by atoms with Crippen LogP contribution in [0.4, 0.5) is 11.5 Å². The number of halogens is 1. The van der Waals surface area contributed by atoms with Crippen LogP contribution in [-0.4, -0.2) is 47.0 Å². The number of hydrogen-bond donors (Lipinski definition) is 1. The molecule has 1 aliphatic heterocycles. The number of aromatic nitrogens is 3. The molecule has 3 heterocycles. The maximum Gasteiger partial charge on any atom is 0.248 e. The van der Waals surface area contributed by atoms with E-state index in [1.807, 2.05) is 19.1 Å². The third-order valence-corrected chi connectivity index (χ3v) is 4.80. The number of ether oxygens (including phenoxy) is 1. The molecular weight excluding hydrogens is 378 g/mol. The van der Waals surface area contributed by atoms with E-state index in [-0.39, 0.29) is 5.91 Å². The van der Waals surface area contributed by atoms with Gasteiger partial charge in [-0.05, 0) is 31.1 Å². The van der Waals surface area contributed by atoms with E-state index < -0.39 is 0 Å². The Hall–Kier alpha value is -2.38. The largest absolute Gasteiger partial charge is 0.378 e. The molecular formula is C20H26ClN5O2. The van der Waals surface area contributed by atoms with Gasteiger partial charge in [0.25, 0.3) is 0 Å². The maximum atomic E-state index is 12.3. The molecule has 0 atom stereocenters. The van der Waals surface area contributed by atoms with Crippen molar-refractivity contribution < 1.29 is 9.53 Å². The van der Waals surface area contributed by atoms with E-state index in [0.717, 1.165) is 36.7 Å². The Bertz CT molecular complexity index is 839. The molecule has 0 unspecified atom stereocenters. The molecule has 1 saturated heterocycles. The third-order valence-electron chi connectivity index (χ3n) is 4.40. The van der Waals surface area contributed by atoms with Gasteiger partial charge in [0.05, 0.1) is 30.8 Å². The van der Waals surface area contributed by atoms with E-state index in [1.165, 1.54) is 6.08 Å². The van der Waals surface area contributed by atoms with E-state index in [4.69, 9.17) is 16.3 Å². The zero-order chi connectivity index (χ0) is 20.1. The second-order valence-corrected chi connectivity index (χ2v) is 7.55. The van der Waals surface area contributed by atoms with E-state index in [2.05, 4.69) is 34.1 Å². The number of carbonyl (C=O) groups is 1. The molecule has 0 saturated carbocycles. The highest BCUT2D eigenvalue weighted by Crippen LogP contribution is 2.22. The van der Waals surface area contributed by atoms with Crippen molar-refractivity contribution in [3.8, 4) is 0 Å². The molecule has 0 bridgehead atoms. The van der Waals surface area contributed by atoms with Crippen LogP contribution in [0.3, 0.4) is 0 Å². The van der Waals surface area contributed by atoms with Crippen molar-refractivity contribution in [2.24, 2.45) is 5.92 Å². The molecule has 8 heteroatoms. The Balaban J connectivity index is 1.61. The summed E-state index contributed by atoms with van der Waals surface area (Å²) in [7, 11) is 0. The third kappa shape index (κ3) is 5.11. The summed E-state index contributed by atoms with van der Waals surface area (Å²) in [6.45, 7) is 9.90. The van der Waals surface area contributed by atoms with Crippen LogP contribution in [0, 0.1) is 12.8 Å². The molecule has 0 aromatic carbocycles. The van der Waals surface area contributed by atoms with E-state index in [1.54, 1.807) is 17.0 Å². The normalized spacial score (nSPS) is 14.8. The van der Waals surface area contributed by atoms with Gasteiger partial charge in [0.1, 0.15) is 11.0 Å². The Labute approximate surface area is 170 Å². The van der Waals surface area contributed by atoms with Crippen LogP contribution >= 0.6 is 11.6 Å². The second kappa shape index (κ2) is 9.21. The standard InChI is InChI=1S/C20H26ClN5O2/c1-14(2)13-26-20(21)17(15(3)24-26)5-7-19(27)23-16-4-6-18(22-12-16)25-8-10-28-11-9-25/h4-7,12,14H,8-11,13H2,1-3H3,(H,23,27)/b7-5+. The number of nitrogens with zero attached hydrogens (tertiary/aromatic N) is 4. The number of pyridine rings is 1. The molecule has 0 aliphatic carbocycles. The minimum absolute atomic E-state index is 0.243. The van der Waals surface area contributed by atoms with Gasteiger partial charge in [-0.25, -0.2) is 4.98 Å². The predicted molar refractivity (Wildman–Crippen MR) is 112 cm³/mol. The Morgan fingerprint density at radius 2 is 2.11 bits per heavy atom. The van der Waals surface area contributed by atoms with Crippen molar-refractivity contribution in [1.82, 2.24) is 14.8 Å². The average Bonchev–Trinajstić information content (AvgIpc) is 2.94. The van der Waals surface area contributed by atoms with Crippen LogP contribution in [0.5, 0.6) is 0 Å². The molecule has 0 spiro atoms. The molecule has 150 valence electrons. The quantitative estimate of drug-likeness (QED) is 0.748. The highest BCUT2D eigenvalue weighted by Gasteiger charge is 2.13. The number of hydrogen-bond acceptors (Lipinski definition) is 5. The lowest BCUT2D eigenvalue weighted by Crippen LogP contribution is -2.36. The monoisotopic (exact) mass is 403 g/mol. The first kappa shape index (κ1) is 20.4. The minimum Gasteiger partial charge on any atom is -0.378 e. The first-order valence-electron chi connectivity index (χ1n) is 9.44. The van der Waals surface area contributed by atoms with Crippen molar-refractivity contribution >= 4 is 35.1 Å². The van der Waals surface area contributed by atoms with Crippen LogP contribution in [0.1, 0.15) is 25.1 Å². The summed E-state index contributed by atoms with van der Waals surface area (Å²) in [5, 5.41) is 7.81. The summed E-state index contributed by atoms with van der Waals surface area (Å²) in [4.78, 5) is 18.8. The van der Waals surface area contributed by atoms with Gasteiger partial charge in [0.2, 0.25) is 5.91 Å². The first-order valence-corrected chi connectivity index (χ1v) is 9.82. The van der Waals surface area contributed by atoms with Gasteiger partial charge in [-0.15, -0.1) is 0 Å². The fourth-order valence-electron chi connectivity index (χ4n) is 3.01. The highest BCUT2D eigenvalue weighted by atomic mass is 35.5. The second-order valence-electron chi connectivity index (χ2n) is 7.19. The number of morpholine rings is 1. The van der Waals surface area contributed by atoms with Crippen LogP contribution in [0.25, 0.3) is 6.08 Å². The van der Waals surface area contributed by atoms with Crippen LogP contribution in [0.2, 0.25) is 5.15 Å². The molecule has 2 aromatic heterocycles. The van der Waals surface area contributed by atoms with Gasteiger partial charge in [-0.2, -0.15) is 5.10 Å². The van der Waals surface area contributed by atoms with Crippen molar-refractivity contribution in [2.75, 3.05) is 36.5 Å². The summed E-state index contributed by atoms with van der Waals surface area (Å²) in [6.07, 6.45) is 4.83. The summed E-state index contributed by atoms with van der Waals surface area (Å²) < 4.78 is 7.12. The molecule has 7 nitrogen and oxygen atoms in total. The van der Waals surface area contributed by atoms with Gasteiger partial charge in [-0.3, -0.25) is 9.48 Å². The van der Waals surface area contributed by atoms with Crippen LogP contribution in [-0.2, 0) is 16.1 Å². The van der Waals surface area contributed by atoms with Crippen molar-refractivity contribution in [2.45, 2.75) is 27.3 Å².